The number of aliphatic imine (C=N–C) groups is 1. The van der Waals surface area contributed by atoms with Crippen LogP contribution >= 0.6 is 0 Å². The van der Waals surface area contributed by atoms with E-state index >= 15 is 0 Å². The molecule has 1 aromatic carbocycles. The van der Waals surface area contributed by atoms with Crippen molar-refractivity contribution in [2.24, 2.45) is 12.0 Å². The van der Waals surface area contributed by atoms with Gasteiger partial charge in [0.1, 0.15) is 0 Å². The number of nitrogens with zero attached hydrogens (tertiary/aromatic N) is 3. The zero-order valence-electron chi connectivity index (χ0n) is 16.1. The fraction of sp³-hybridized carbons (Fsp3) is 0.474. The standard InChI is InChI=1S/C19H29N5O2/c1-20-19(21-10-5-6-16-13-23-24(2)14-16)22-11-9-15-7-8-17(25-3)18(12-15)26-4/h7-8,12-14H,5-6,9-11H2,1-4H3,(H2,20,21,22). The topological polar surface area (TPSA) is 72.7 Å². The first-order valence-corrected chi connectivity index (χ1v) is 8.79. The van der Waals surface area contributed by atoms with Gasteiger partial charge in [-0.3, -0.25) is 9.67 Å². The molecule has 0 aliphatic rings. The maximum atomic E-state index is 5.34. The number of nitrogens with one attached hydrogen (secondary N) is 2. The Labute approximate surface area is 155 Å². The number of aromatic nitrogens is 2. The van der Waals surface area contributed by atoms with Crippen LogP contribution < -0.4 is 20.1 Å². The minimum atomic E-state index is 0.746. The number of aryl methyl sites for hydroxylation is 2. The maximum absolute atomic E-state index is 5.34. The van der Waals surface area contributed by atoms with E-state index in [-0.39, 0.29) is 0 Å². The van der Waals surface area contributed by atoms with Crippen LogP contribution in [0.2, 0.25) is 0 Å². The monoisotopic (exact) mass is 359 g/mol. The molecular weight excluding hydrogens is 330 g/mol. The number of guanidine groups is 1. The Morgan fingerprint density at radius 1 is 1.08 bits per heavy atom. The molecule has 0 atom stereocenters. The molecule has 142 valence electrons. The summed E-state index contributed by atoms with van der Waals surface area (Å²) in [6.07, 6.45) is 6.87. The molecule has 0 aliphatic carbocycles. The second-order valence-electron chi connectivity index (χ2n) is 5.99. The smallest absolute Gasteiger partial charge is 0.190 e. The summed E-state index contributed by atoms with van der Waals surface area (Å²) in [5.41, 5.74) is 2.44. The Balaban J connectivity index is 1.70. The molecule has 0 fully saturated rings. The summed E-state index contributed by atoms with van der Waals surface area (Å²) in [6.45, 7) is 1.66. The molecule has 26 heavy (non-hydrogen) atoms. The van der Waals surface area contributed by atoms with Gasteiger partial charge in [-0.2, -0.15) is 5.10 Å². The van der Waals surface area contributed by atoms with Gasteiger partial charge in [-0.05, 0) is 42.5 Å². The molecule has 0 aliphatic heterocycles. The molecule has 2 aromatic rings. The van der Waals surface area contributed by atoms with Crippen molar-refractivity contribution in [1.29, 1.82) is 0 Å². The second kappa shape index (κ2) is 10.3. The largest absolute Gasteiger partial charge is 0.493 e. The summed E-state index contributed by atoms with van der Waals surface area (Å²) < 4.78 is 12.4. The SMILES string of the molecule is CN=C(NCCCc1cnn(C)c1)NCCc1ccc(OC)c(OC)c1. The highest BCUT2D eigenvalue weighted by Crippen LogP contribution is 2.27. The zero-order valence-corrected chi connectivity index (χ0v) is 16.1. The number of methoxy groups -OCH3 is 2. The first-order valence-electron chi connectivity index (χ1n) is 8.79. The molecule has 0 saturated carbocycles. The molecule has 2 N–H and O–H groups in total. The third-order valence-electron chi connectivity index (χ3n) is 4.07. The van der Waals surface area contributed by atoms with Crippen LogP contribution in [0.5, 0.6) is 11.5 Å². The Bertz CT molecular complexity index is 712. The highest BCUT2D eigenvalue weighted by atomic mass is 16.5. The van der Waals surface area contributed by atoms with Gasteiger partial charge in [0.25, 0.3) is 0 Å². The van der Waals surface area contributed by atoms with E-state index in [1.54, 1.807) is 21.3 Å². The Morgan fingerprint density at radius 3 is 2.50 bits per heavy atom. The van der Waals surface area contributed by atoms with Crippen molar-refractivity contribution in [2.45, 2.75) is 19.3 Å². The van der Waals surface area contributed by atoms with Crippen molar-refractivity contribution in [3.63, 3.8) is 0 Å². The molecule has 0 bridgehead atoms. The van der Waals surface area contributed by atoms with Gasteiger partial charge in [-0.25, -0.2) is 0 Å². The lowest BCUT2D eigenvalue weighted by Crippen LogP contribution is -2.38. The highest BCUT2D eigenvalue weighted by Gasteiger charge is 2.05. The molecule has 2 rings (SSSR count). The highest BCUT2D eigenvalue weighted by molar-refractivity contribution is 5.79. The number of hydrogen-bond donors (Lipinski definition) is 2. The molecule has 1 heterocycles. The van der Waals surface area contributed by atoms with Gasteiger partial charge >= 0.3 is 0 Å². The van der Waals surface area contributed by atoms with E-state index in [1.807, 2.05) is 36.1 Å². The van der Waals surface area contributed by atoms with Gasteiger partial charge in [0, 0.05) is 33.4 Å². The van der Waals surface area contributed by atoms with Gasteiger partial charge in [0.05, 0.1) is 20.4 Å². The van der Waals surface area contributed by atoms with Crippen LogP contribution in [0.3, 0.4) is 0 Å². The molecule has 7 heteroatoms. The van der Waals surface area contributed by atoms with E-state index in [2.05, 4.69) is 26.9 Å². The summed E-state index contributed by atoms with van der Waals surface area (Å²) in [5, 5.41) is 10.9. The quantitative estimate of drug-likeness (QED) is 0.406. The predicted octanol–water partition coefficient (Wildman–Crippen LogP) is 1.78. The fourth-order valence-corrected chi connectivity index (χ4v) is 2.68. The van der Waals surface area contributed by atoms with Crippen molar-refractivity contribution in [3.8, 4) is 11.5 Å². The lowest BCUT2D eigenvalue weighted by molar-refractivity contribution is 0.354. The first-order chi connectivity index (χ1) is 12.7. The van der Waals surface area contributed by atoms with Gasteiger partial charge in [0.2, 0.25) is 0 Å². The summed E-state index contributed by atoms with van der Waals surface area (Å²) in [4.78, 5) is 4.26. The van der Waals surface area contributed by atoms with Crippen molar-refractivity contribution >= 4 is 5.96 Å². The van der Waals surface area contributed by atoms with Gasteiger partial charge in [-0.15, -0.1) is 0 Å². The lowest BCUT2D eigenvalue weighted by Gasteiger charge is -2.13. The number of benzene rings is 1. The Morgan fingerprint density at radius 2 is 1.85 bits per heavy atom. The Kier molecular flexibility index (Phi) is 7.79. The van der Waals surface area contributed by atoms with Crippen LogP contribution in [0, 0.1) is 0 Å². The van der Waals surface area contributed by atoms with Crippen LogP contribution in [-0.2, 0) is 19.9 Å². The van der Waals surface area contributed by atoms with E-state index in [0.29, 0.717) is 0 Å². The fourth-order valence-electron chi connectivity index (χ4n) is 2.68. The van der Waals surface area contributed by atoms with Crippen molar-refractivity contribution in [1.82, 2.24) is 20.4 Å². The average molecular weight is 359 g/mol. The molecule has 0 radical (unpaired) electrons. The van der Waals surface area contributed by atoms with E-state index in [1.165, 1.54) is 11.1 Å². The summed E-state index contributed by atoms with van der Waals surface area (Å²) in [5.74, 6) is 2.31. The molecular formula is C19H29N5O2. The molecule has 0 saturated heterocycles. The van der Waals surface area contributed by atoms with E-state index in [9.17, 15) is 0 Å². The van der Waals surface area contributed by atoms with Crippen LogP contribution in [0.4, 0.5) is 0 Å². The zero-order chi connectivity index (χ0) is 18.8. The molecule has 0 unspecified atom stereocenters. The minimum Gasteiger partial charge on any atom is -0.493 e. The minimum absolute atomic E-state index is 0.746. The maximum Gasteiger partial charge on any atom is 0.190 e. The normalized spacial score (nSPS) is 11.3. The van der Waals surface area contributed by atoms with Crippen LogP contribution in [0.1, 0.15) is 17.5 Å². The molecule has 0 amide bonds. The van der Waals surface area contributed by atoms with Gasteiger partial charge in [-0.1, -0.05) is 6.07 Å². The number of hydrogen-bond acceptors (Lipinski definition) is 4. The Hall–Kier alpha value is -2.70. The van der Waals surface area contributed by atoms with Crippen LogP contribution in [-0.4, -0.2) is 50.1 Å². The third-order valence-corrected chi connectivity index (χ3v) is 4.07. The summed E-state index contributed by atoms with van der Waals surface area (Å²) in [6, 6.07) is 5.98. The molecule has 7 nitrogen and oxygen atoms in total. The summed E-state index contributed by atoms with van der Waals surface area (Å²) >= 11 is 0. The van der Waals surface area contributed by atoms with Gasteiger partial charge < -0.3 is 20.1 Å². The van der Waals surface area contributed by atoms with E-state index < -0.39 is 0 Å². The second-order valence-corrected chi connectivity index (χ2v) is 5.99. The number of rotatable bonds is 9. The average Bonchev–Trinajstić information content (AvgIpc) is 3.08. The molecule has 1 aromatic heterocycles. The number of ether oxygens (including phenoxy) is 2. The van der Waals surface area contributed by atoms with Crippen LogP contribution in [0.25, 0.3) is 0 Å². The van der Waals surface area contributed by atoms with Crippen molar-refractivity contribution in [2.75, 3.05) is 34.4 Å². The summed E-state index contributed by atoms with van der Waals surface area (Å²) in [7, 11) is 7.01. The predicted molar refractivity (Wildman–Crippen MR) is 104 cm³/mol. The van der Waals surface area contributed by atoms with Crippen molar-refractivity contribution in [3.05, 3.63) is 41.7 Å². The van der Waals surface area contributed by atoms with Crippen molar-refractivity contribution < 1.29 is 9.47 Å². The third kappa shape index (κ3) is 5.98. The van der Waals surface area contributed by atoms with Gasteiger partial charge in [0.15, 0.2) is 17.5 Å². The van der Waals surface area contributed by atoms with Crippen LogP contribution in [0.15, 0.2) is 35.6 Å². The lowest BCUT2D eigenvalue weighted by atomic mass is 10.1. The first kappa shape index (κ1) is 19.6. The molecule has 0 spiro atoms. The van der Waals surface area contributed by atoms with E-state index in [4.69, 9.17) is 9.47 Å². The van der Waals surface area contributed by atoms with E-state index in [0.717, 1.165) is 49.8 Å².